The second-order valence-corrected chi connectivity index (χ2v) is 11.3. The van der Waals surface area contributed by atoms with Crippen LogP contribution in [0.15, 0.2) is 53.4 Å². The van der Waals surface area contributed by atoms with E-state index in [0.29, 0.717) is 23.6 Å². The largest absolute Gasteiger partial charge is 0.475 e. The number of nitrogens with one attached hydrogen (secondary N) is 1. The van der Waals surface area contributed by atoms with Crippen molar-refractivity contribution >= 4 is 34.5 Å². The normalized spacial score (nSPS) is 16.8. The Kier molecular flexibility index (Phi) is 8.40. The van der Waals surface area contributed by atoms with Crippen molar-refractivity contribution in [2.24, 2.45) is 11.8 Å². The summed E-state index contributed by atoms with van der Waals surface area (Å²) < 4.78 is 26.7. The van der Waals surface area contributed by atoms with E-state index >= 15 is 0 Å². The molecular formula is C25H33BN2O6S. The second kappa shape index (κ2) is 10.9. The molecule has 0 aromatic heterocycles. The Morgan fingerprint density at radius 3 is 2.49 bits per heavy atom. The highest BCUT2D eigenvalue weighted by Gasteiger charge is 2.36. The molecule has 1 saturated carbocycles. The molecule has 0 radical (unpaired) electrons. The third-order valence-corrected chi connectivity index (χ3v) is 8.39. The first kappa shape index (κ1) is 26.9. The van der Waals surface area contributed by atoms with Crippen LogP contribution in [0, 0.1) is 11.8 Å². The number of hydrogen-bond acceptors (Lipinski definition) is 6. The van der Waals surface area contributed by atoms with Crippen LogP contribution in [0.25, 0.3) is 0 Å². The van der Waals surface area contributed by atoms with Gasteiger partial charge in [0.25, 0.3) is 0 Å². The Labute approximate surface area is 207 Å². The Bertz CT molecular complexity index is 1170. The molecule has 1 aliphatic carbocycles. The molecule has 8 nitrogen and oxygen atoms in total. The number of hydrogen-bond donors (Lipinski definition) is 3. The van der Waals surface area contributed by atoms with E-state index in [1.54, 1.807) is 13.1 Å². The molecule has 10 heteroatoms. The highest BCUT2D eigenvalue weighted by Crippen LogP contribution is 2.34. The van der Waals surface area contributed by atoms with Gasteiger partial charge in [-0.15, -0.1) is 0 Å². The van der Waals surface area contributed by atoms with E-state index in [2.05, 4.69) is 5.32 Å². The molecule has 0 bridgehead atoms. The number of anilines is 1. The molecule has 2 amide bonds. The van der Waals surface area contributed by atoms with Gasteiger partial charge in [0.2, 0.25) is 11.8 Å². The molecule has 0 spiro atoms. The molecule has 4 rings (SSSR count). The van der Waals surface area contributed by atoms with Crippen LogP contribution in [0.2, 0.25) is 0 Å². The molecule has 35 heavy (non-hydrogen) atoms. The number of rotatable bonds is 10. The van der Waals surface area contributed by atoms with Crippen LogP contribution >= 0.6 is 0 Å². The fourth-order valence-electron chi connectivity index (χ4n) is 4.40. The van der Waals surface area contributed by atoms with Crippen LogP contribution in [0.5, 0.6) is 0 Å². The predicted molar refractivity (Wildman–Crippen MR) is 135 cm³/mol. The maximum atomic E-state index is 13.3. The second-order valence-electron chi connectivity index (χ2n) is 9.30. The zero-order chi connectivity index (χ0) is 24.5. The molecular weight excluding hydrogens is 467 g/mol. The van der Waals surface area contributed by atoms with Crippen LogP contribution < -0.4 is 10.2 Å². The lowest BCUT2D eigenvalue weighted by Gasteiger charge is -2.22. The number of benzene rings is 2. The molecule has 1 fully saturated rings. The predicted octanol–water partition coefficient (Wildman–Crippen LogP) is 1.77. The van der Waals surface area contributed by atoms with Gasteiger partial charge in [0.1, 0.15) is 0 Å². The highest BCUT2D eigenvalue weighted by molar-refractivity contribution is 7.91. The first-order valence-electron chi connectivity index (χ1n) is 11.5. The van der Waals surface area contributed by atoms with Crippen molar-refractivity contribution in [2.75, 3.05) is 17.7 Å². The minimum Gasteiger partial charge on any atom is -0.426 e. The van der Waals surface area contributed by atoms with E-state index in [-0.39, 0.29) is 31.1 Å². The fraction of sp³-hybridized carbons (Fsp3) is 0.440. The van der Waals surface area contributed by atoms with Gasteiger partial charge in [-0.25, -0.2) is 8.42 Å². The van der Waals surface area contributed by atoms with Gasteiger partial charge >= 0.3 is 7.12 Å². The zero-order valence-electron chi connectivity index (χ0n) is 19.1. The lowest BCUT2D eigenvalue weighted by atomic mass is 9.76. The van der Waals surface area contributed by atoms with Gasteiger partial charge in [0.05, 0.1) is 28.9 Å². The minimum atomic E-state index is -3.86. The average Bonchev–Trinajstić information content (AvgIpc) is 3.57. The first-order chi connectivity index (χ1) is 16.1. The SMILES string of the molecule is C.CN1C(=O)Cc2cc(S(=O)(=O)C[C@@H](Cc3ccccc3)C(=O)N[C@@H](CC3CC3)B(O)O)ccc21. The van der Waals surface area contributed by atoms with Crippen molar-refractivity contribution in [2.45, 2.75) is 50.4 Å². The third-order valence-electron chi connectivity index (χ3n) is 6.58. The van der Waals surface area contributed by atoms with Gasteiger partial charge in [0, 0.05) is 12.7 Å². The van der Waals surface area contributed by atoms with Crippen LogP contribution in [0.3, 0.4) is 0 Å². The summed E-state index contributed by atoms with van der Waals surface area (Å²) in [6, 6.07) is 13.7. The van der Waals surface area contributed by atoms with Crippen molar-refractivity contribution in [3.63, 3.8) is 0 Å². The van der Waals surface area contributed by atoms with Crippen LogP contribution in [0.1, 0.15) is 37.8 Å². The maximum Gasteiger partial charge on any atom is 0.475 e. The van der Waals surface area contributed by atoms with E-state index in [9.17, 15) is 28.1 Å². The minimum absolute atomic E-state index is 0. The number of sulfone groups is 1. The fourth-order valence-corrected chi connectivity index (χ4v) is 5.98. The average molecular weight is 500 g/mol. The number of carbonyl (C=O) groups is 2. The van der Waals surface area contributed by atoms with Crippen molar-refractivity contribution in [3.8, 4) is 0 Å². The number of likely N-dealkylation sites (N-methyl/N-ethyl adjacent to an activating group) is 1. The summed E-state index contributed by atoms with van der Waals surface area (Å²) >= 11 is 0. The van der Waals surface area contributed by atoms with Gasteiger partial charge in [-0.2, -0.15) is 0 Å². The molecule has 1 heterocycles. The molecule has 1 aliphatic heterocycles. The molecule has 2 aromatic carbocycles. The van der Waals surface area contributed by atoms with Crippen molar-refractivity contribution < 1.29 is 28.1 Å². The van der Waals surface area contributed by atoms with Crippen molar-refractivity contribution in [1.29, 1.82) is 0 Å². The van der Waals surface area contributed by atoms with Gasteiger partial charge in [-0.05, 0) is 48.1 Å². The van der Waals surface area contributed by atoms with Crippen molar-refractivity contribution in [3.05, 3.63) is 59.7 Å². The summed E-state index contributed by atoms with van der Waals surface area (Å²) in [5.41, 5.74) is 2.13. The molecule has 2 aromatic rings. The monoisotopic (exact) mass is 500 g/mol. The van der Waals surface area contributed by atoms with Gasteiger partial charge in [0.15, 0.2) is 9.84 Å². The van der Waals surface area contributed by atoms with Crippen molar-refractivity contribution in [1.82, 2.24) is 5.32 Å². The van der Waals surface area contributed by atoms with Gasteiger partial charge in [-0.3, -0.25) is 9.59 Å². The van der Waals surface area contributed by atoms with Crippen LogP contribution in [-0.2, 0) is 32.3 Å². The number of nitrogens with zero attached hydrogens (tertiary/aromatic N) is 1. The molecule has 2 aliphatic rings. The van der Waals surface area contributed by atoms with E-state index < -0.39 is 40.5 Å². The summed E-state index contributed by atoms with van der Waals surface area (Å²) in [4.78, 5) is 26.7. The van der Waals surface area contributed by atoms with E-state index in [1.807, 2.05) is 30.3 Å². The topological polar surface area (TPSA) is 124 Å². The molecule has 0 unspecified atom stereocenters. The molecule has 0 saturated heterocycles. The van der Waals surface area contributed by atoms with Gasteiger partial charge in [-0.1, -0.05) is 50.6 Å². The first-order valence-corrected chi connectivity index (χ1v) is 13.1. The Balaban J connectivity index is 0.00000342. The van der Waals surface area contributed by atoms with E-state index in [4.69, 9.17) is 0 Å². The Morgan fingerprint density at radius 1 is 1.17 bits per heavy atom. The summed E-state index contributed by atoms with van der Waals surface area (Å²) in [5, 5.41) is 22.2. The lowest BCUT2D eigenvalue weighted by Crippen LogP contribution is -2.50. The highest BCUT2D eigenvalue weighted by atomic mass is 32.2. The van der Waals surface area contributed by atoms with E-state index in [0.717, 1.165) is 18.4 Å². The molecule has 2 atom stereocenters. The Morgan fingerprint density at radius 2 is 1.86 bits per heavy atom. The van der Waals surface area contributed by atoms with Gasteiger partial charge < -0.3 is 20.3 Å². The Hall–Kier alpha value is -2.69. The zero-order valence-corrected chi connectivity index (χ0v) is 19.9. The maximum absolute atomic E-state index is 13.3. The van der Waals surface area contributed by atoms with Crippen LogP contribution in [-0.4, -0.2) is 56.1 Å². The number of amides is 2. The van der Waals surface area contributed by atoms with Crippen LogP contribution in [0.4, 0.5) is 5.69 Å². The van der Waals surface area contributed by atoms with E-state index in [1.165, 1.54) is 17.0 Å². The quantitative estimate of drug-likeness (QED) is 0.428. The lowest BCUT2D eigenvalue weighted by molar-refractivity contribution is -0.124. The summed E-state index contributed by atoms with van der Waals surface area (Å²) in [6.45, 7) is 0. The number of fused-ring (bicyclic) bond motifs is 1. The summed E-state index contributed by atoms with van der Waals surface area (Å²) in [6.07, 6.45) is 2.74. The standard InChI is InChI=1S/C24H29BN2O6S.CH4/c1-27-21-10-9-20(13-18(21)14-23(27)28)34(32,33)15-19(11-16-5-3-2-4-6-16)24(29)26-22(25(30)31)12-17-7-8-17;/h2-6,9-10,13,17,19,22,30-31H,7-8,11-12,14-15H2,1H3,(H,26,29);1H4/t19-,22+;/m1./s1. The third kappa shape index (κ3) is 6.51. The number of carbonyl (C=O) groups excluding carboxylic acids is 2. The summed E-state index contributed by atoms with van der Waals surface area (Å²) in [7, 11) is -3.93. The molecule has 3 N–H and O–H groups in total. The smallest absolute Gasteiger partial charge is 0.426 e. The summed E-state index contributed by atoms with van der Waals surface area (Å²) in [5.74, 6) is -2.49. The molecule has 188 valence electrons.